The van der Waals surface area contributed by atoms with Gasteiger partial charge in [-0.15, -0.1) is 11.8 Å². The Kier molecular flexibility index (Phi) is 4.38. The van der Waals surface area contributed by atoms with E-state index in [1.807, 2.05) is 25.1 Å². The lowest BCUT2D eigenvalue weighted by atomic mass is 10.2. The predicted octanol–water partition coefficient (Wildman–Crippen LogP) is 3.93. The number of rotatable bonds is 4. The Bertz CT molecular complexity index is 693. The third kappa shape index (κ3) is 3.37. The van der Waals surface area contributed by atoms with Gasteiger partial charge >= 0.3 is 5.97 Å². The average molecular weight is 284 g/mol. The van der Waals surface area contributed by atoms with Crippen LogP contribution in [0.25, 0.3) is 4.85 Å². The summed E-state index contributed by atoms with van der Waals surface area (Å²) in [6, 6.07) is 10.9. The van der Waals surface area contributed by atoms with Crippen LogP contribution in [0, 0.1) is 13.5 Å². The molecule has 0 bridgehead atoms. The fourth-order valence-corrected chi connectivity index (χ4v) is 2.60. The monoisotopic (exact) mass is 284 g/mol. The molecule has 2 aromatic rings. The fourth-order valence-electron chi connectivity index (χ4n) is 1.70. The summed E-state index contributed by atoms with van der Waals surface area (Å²) in [6.07, 6.45) is 0. The number of thioether (sulfide) groups is 1. The molecule has 0 saturated heterocycles. The summed E-state index contributed by atoms with van der Waals surface area (Å²) in [7, 11) is 0. The summed E-state index contributed by atoms with van der Waals surface area (Å²) >= 11 is 1.38. The van der Waals surface area contributed by atoms with E-state index in [9.17, 15) is 4.79 Å². The Balaban J connectivity index is 2.22. The van der Waals surface area contributed by atoms with Crippen LogP contribution in [0.3, 0.4) is 0 Å². The molecule has 4 nitrogen and oxygen atoms in total. The van der Waals surface area contributed by atoms with E-state index >= 15 is 0 Å². The van der Waals surface area contributed by atoms with Crippen molar-refractivity contribution >= 4 is 23.4 Å². The van der Waals surface area contributed by atoms with Crippen molar-refractivity contribution in [3.63, 3.8) is 0 Å². The van der Waals surface area contributed by atoms with E-state index in [0.717, 1.165) is 5.56 Å². The highest BCUT2D eigenvalue weighted by molar-refractivity contribution is 7.98. The number of hydrogen-bond acceptors (Lipinski definition) is 3. The highest BCUT2D eigenvalue weighted by atomic mass is 32.2. The zero-order valence-corrected chi connectivity index (χ0v) is 11.6. The maximum atomic E-state index is 10.9. The third-order valence-corrected chi connectivity index (χ3v) is 3.69. The van der Waals surface area contributed by atoms with E-state index in [4.69, 9.17) is 11.7 Å². The summed E-state index contributed by atoms with van der Waals surface area (Å²) in [5.41, 5.74) is 2.63. The fraction of sp³-hybridized carbons (Fsp3) is 0.133. The second kappa shape index (κ2) is 6.22. The lowest BCUT2D eigenvalue weighted by molar-refractivity contribution is 0.0690. The van der Waals surface area contributed by atoms with Crippen molar-refractivity contribution in [2.45, 2.75) is 17.7 Å². The lowest BCUT2D eigenvalue weighted by Crippen LogP contribution is -2.00. The molecule has 1 aromatic carbocycles. The van der Waals surface area contributed by atoms with Gasteiger partial charge in [0.15, 0.2) is 0 Å². The zero-order valence-electron chi connectivity index (χ0n) is 10.8. The number of pyridine rings is 1. The second-order valence-electron chi connectivity index (χ2n) is 4.22. The summed E-state index contributed by atoms with van der Waals surface area (Å²) in [4.78, 5) is 18.3. The molecule has 0 fully saturated rings. The molecular weight excluding hydrogens is 272 g/mol. The average Bonchev–Trinajstić information content (AvgIpc) is 2.44. The van der Waals surface area contributed by atoms with E-state index in [2.05, 4.69) is 15.9 Å². The van der Waals surface area contributed by atoms with Gasteiger partial charge in [-0.2, -0.15) is 0 Å². The van der Waals surface area contributed by atoms with Crippen LogP contribution in [0.5, 0.6) is 0 Å². The summed E-state index contributed by atoms with van der Waals surface area (Å²) < 4.78 is 0. The number of aryl methyl sites for hydroxylation is 1. The first-order chi connectivity index (χ1) is 9.60. The van der Waals surface area contributed by atoms with Crippen molar-refractivity contribution in [3.05, 3.63) is 64.6 Å². The minimum absolute atomic E-state index is 0.0378. The molecule has 100 valence electrons. The van der Waals surface area contributed by atoms with Gasteiger partial charge in [-0.25, -0.2) is 14.6 Å². The van der Waals surface area contributed by atoms with Gasteiger partial charge in [0.2, 0.25) is 5.69 Å². The molecule has 0 spiro atoms. The van der Waals surface area contributed by atoms with Crippen molar-refractivity contribution < 1.29 is 9.90 Å². The standard InChI is InChI=1S/C15H12N2O2S/c1-10-4-3-5-11(8-10)9-20-14-12(16-2)6-7-13(17-14)15(18)19/h3-8H,9H2,1H3,(H,18,19). The number of aromatic nitrogens is 1. The van der Waals surface area contributed by atoms with Gasteiger partial charge in [0, 0.05) is 5.75 Å². The first kappa shape index (κ1) is 14.1. The van der Waals surface area contributed by atoms with Crippen molar-refractivity contribution in [2.24, 2.45) is 0 Å². The molecule has 2 rings (SSSR count). The van der Waals surface area contributed by atoms with Crippen LogP contribution in [0.1, 0.15) is 21.6 Å². The minimum Gasteiger partial charge on any atom is -0.477 e. The number of benzene rings is 1. The Labute approximate surface area is 121 Å². The van der Waals surface area contributed by atoms with Crippen LogP contribution >= 0.6 is 11.8 Å². The van der Waals surface area contributed by atoms with E-state index in [0.29, 0.717) is 16.5 Å². The molecule has 1 heterocycles. The topological polar surface area (TPSA) is 54.5 Å². The Morgan fingerprint density at radius 3 is 2.85 bits per heavy atom. The molecule has 0 saturated carbocycles. The summed E-state index contributed by atoms with van der Waals surface area (Å²) in [6.45, 7) is 9.12. The number of nitrogens with zero attached hydrogens (tertiary/aromatic N) is 2. The van der Waals surface area contributed by atoms with Gasteiger partial charge in [-0.05, 0) is 18.6 Å². The van der Waals surface area contributed by atoms with Crippen molar-refractivity contribution in [1.29, 1.82) is 0 Å². The minimum atomic E-state index is -1.08. The molecule has 0 aliphatic heterocycles. The van der Waals surface area contributed by atoms with Crippen molar-refractivity contribution in [1.82, 2.24) is 4.98 Å². The first-order valence-corrected chi connectivity index (χ1v) is 6.89. The van der Waals surface area contributed by atoms with Gasteiger partial charge in [0.1, 0.15) is 10.7 Å². The first-order valence-electron chi connectivity index (χ1n) is 5.90. The molecule has 0 amide bonds. The second-order valence-corrected chi connectivity index (χ2v) is 5.18. The Hall–Kier alpha value is -2.32. The van der Waals surface area contributed by atoms with Crippen LogP contribution in [0.15, 0.2) is 41.4 Å². The Morgan fingerprint density at radius 2 is 2.20 bits per heavy atom. The highest BCUT2D eigenvalue weighted by Gasteiger charge is 2.11. The molecule has 1 aromatic heterocycles. The molecule has 0 aliphatic rings. The van der Waals surface area contributed by atoms with Crippen LogP contribution in [0.2, 0.25) is 0 Å². The zero-order chi connectivity index (χ0) is 14.5. The van der Waals surface area contributed by atoms with E-state index in [1.54, 1.807) is 0 Å². The molecule has 1 N–H and O–H groups in total. The number of carboxylic acid groups (broad SMARTS) is 1. The molecule has 20 heavy (non-hydrogen) atoms. The van der Waals surface area contributed by atoms with Crippen LogP contribution in [-0.2, 0) is 5.75 Å². The van der Waals surface area contributed by atoms with Gasteiger partial charge < -0.3 is 5.11 Å². The van der Waals surface area contributed by atoms with Gasteiger partial charge in [-0.1, -0.05) is 35.9 Å². The number of aromatic carboxylic acids is 1. The van der Waals surface area contributed by atoms with E-state index in [-0.39, 0.29) is 5.69 Å². The third-order valence-electron chi connectivity index (χ3n) is 2.64. The van der Waals surface area contributed by atoms with E-state index in [1.165, 1.54) is 29.5 Å². The number of hydrogen-bond donors (Lipinski definition) is 1. The summed E-state index contributed by atoms with van der Waals surface area (Å²) in [5.74, 6) is -0.431. The number of carbonyl (C=O) groups is 1. The van der Waals surface area contributed by atoms with Crippen molar-refractivity contribution in [2.75, 3.05) is 0 Å². The highest BCUT2D eigenvalue weighted by Crippen LogP contribution is 2.30. The van der Waals surface area contributed by atoms with Gasteiger partial charge in [0.25, 0.3) is 0 Å². The predicted molar refractivity (Wildman–Crippen MR) is 78.2 cm³/mol. The quantitative estimate of drug-likeness (QED) is 0.682. The Morgan fingerprint density at radius 1 is 1.40 bits per heavy atom. The molecule has 0 unspecified atom stereocenters. The smallest absolute Gasteiger partial charge is 0.354 e. The lowest BCUT2D eigenvalue weighted by Gasteiger charge is -2.05. The van der Waals surface area contributed by atoms with Crippen LogP contribution < -0.4 is 0 Å². The van der Waals surface area contributed by atoms with Crippen LogP contribution in [-0.4, -0.2) is 16.1 Å². The van der Waals surface area contributed by atoms with E-state index < -0.39 is 5.97 Å². The maximum Gasteiger partial charge on any atom is 0.354 e. The molecule has 0 atom stereocenters. The molecule has 0 radical (unpaired) electrons. The molecule has 5 heteroatoms. The number of carboxylic acids is 1. The SMILES string of the molecule is [C-]#[N+]c1ccc(C(=O)O)nc1SCc1cccc(C)c1. The maximum absolute atomic E-state index is 10.9. The largest absolute Gasteiger partial charge is 0.477 e. The summed E-state index contributed by atoms with van der Waals surface area (Å²) in [5, 5.41) is 9.40. The molecular formula is C15H12N2O2S. The van der Waals surface area contributed by atoms with Gasteiger partial charge in [0.05, 0.1) is 6.57 Å². The van der Waals surface area contributed by atoms with Crippen LogP contribution in [0.4, 0.5) is 5.69 Å². The van der Waals surface area contributed by atoms with Crippen molar-refractivity contribution in [3.8, 4) is 0 Å². The van der Waals surface area contributed by atoms with Gasteiger partial charge in [-0.3, -0.25) is 0 Å². The molecule has 0 aliphatic carbocycles. The normalized spacial score (nSPS) is 10.0.